The minimum Gasteiger partial charge on any atom is -0.496 e. The summed E-state index contributed by atoms with van der Waals surface area (Å²) in [6.45, 7) is 10.4. The van der Waals surface area contributed by atoms with E-state index in [1.54, 1.807) is 19.2 Å². The van der Waals surface area contributed by atoms with E-state index in [1.807, 2.05) is 13.8 Å². The zero-order valence-corrected chi connectivity index (χ0v) is 16.8. The fourth-order valence-corrected chi connectivity index (χ4v) is 3.37. The Morgan fingerprint density at radius 2 is 1.93 bits per heavy atom. The van der Waals surface area contributed by atoms with E-state index in [4.69, 9.17) is 9.47 Å². The molecule has 0 aliphatic carbocycles. The van der Waals surface area contributed by atoms with E-state index in [1.165, 1.54) is 15.9 Å². The lowest BCUT2D eigenvalue weighted by atomic mass is 10.1. The average molecular weight is 384 g/mol. The van der Waals surface area contributed by atoms with Gasteiger partial charge in [0.1, 0.15) is 44.3 Å². The van der Waals surface area contributed by atoms with Crippen molar-refractivity contribution < 1.29 is 28.5 Å². The molecule has 0 aromatic heterocycles. The van der Waals surface area contributed by atoms with Gasteiger partial charge in [-0.1, -0.05) is 0 Å². The standard InChI is InChI=1S/C20H32FN3O3/c1-16(2)27-12-4-7-22-20(25)15-24-10-8-23(9-11-24)14-17-13-18(21)5-6-19(17)26-3/h5-6,13,16H,4,7-12,14-15H2,1-3H3,(H,22,25)/p+2. The molecule has 0 bridgehead atoms. The second-order valence-corrected chi connectivity index (χ2v) is 7.43. The molecule has 0 atom stereocenters. The molecule has 0 radical (unpaired) electrons. The Bertz CT molecular complexity index is 590. The lowest BCUT2D eigenvalue weighted by Gasteiger charge is -2.29. The molecule has 1 heterocycles. The van der Waals surface area contributed by atoms with Crippen molar-refractivity contribution in [1.82, 2.24) is 5.32 Å². The summed E-state index contributed by atoms with van der Waals surface area (Å²) in [4.78, 5) is 14.8. The number of carbonyl (C=O) groups is 1. The van der Waals surface area contributed by atoms with Crippen molar-refractivity contribution in [2.24, 2.45) is 0 Å². The van der Waals surface area contributed by atoms with E-state index in [2.05, 4.69) is 5.32 Å². The van der Waals surface area contributed by atoms with E-state index in [-0.39, 0.29) is 17.8 Å². The molecule has 1 aromatic carbocycles. The molecule has 27 heavy (non-hydrogen) atoms. The third-order valence-corrected chi connectivity index (χ3v) is 4.85. The van der Waals surface area contributed by atoms with Gasteiger partial charge in [0.05, 0.1) is 18.8 Å². The summed E-state index contributed by atoms with van der Waals surface area (Å²) in [6, 6.07) is 4.66. The van der Waals surface area contributed by atoms with Crippen molar-refractivity contribution in [3.63, 3.8) is 0 Å². The quantitative estimate of drug-likeness (QED) is 0.457. The topological polar surface area (TPSA) is 56.4 Å². The van der Waals surface area contributed by atoms with E-state index in [0.29, 0.717) is 19.7 Å². The van der Waals surface area contributed by atoms with Crippen LogP contribution in [0.3, 0.4) is 0 Å². The highest BCUT2D eigenvalue weighted by Crippen LogP contribution is 2.18. The first kappa shape index (κ1) is 21.6. The molecule has 1 aliphatic rings. The summed E-state index contributed by atoms with van der Waals surface area (Å²) >= 11 is 0. The van der Waals surface area contributed by atoms with Gasteiger partial charge in [-0.3, -0.25) is 4.79 Å². The van der Waals surface area contributed by atoms with Gasteiger partial charge in [0.25, 0.3) is 5.91 Å². The first-order valence-corrected chi connectivity index (χ1v) is 9.85. The fraction of sp³-hybridized carbons (Fsp3) is 0.650. The van der Waals surface area contributed by atoms with Crippen LogP contribution in [0.15, 0.2) is 18.2 Å². The number of methoxy groups -OCH3 is 1. The molecule has 1 amide bonds. The highest BCUT2D eigenvalue weighted by atomic mass is 19.1. The lowest BCUT2D eigenvalue weighted by molar-refractivity contribution is -1.02. The van der Waals surface area contributed by atoms with Crippen LogP contribution in [-0.2, 0) is 16.1 Å². The molecule has 6 nitrogen and oxygen atoms in total. The summed E-state index contributed by atoms with van der Waals surface area (Å²) in [5.74, 6) is 0.606. The lowest BCUT2D eigenvalue weighted by Crippen LogP contribution is -3.28. The number of nitrogens with one attached hydrogen (secondary N) is 3. The normalized spacial score (nSPS) is 19.9. The van der Waals surface area contributed by atoms with Crippen LogP contribution in [0.5, 0.6) is 5.75 Å². The number of halogens is 1. The molecular formula is C20H34FN3O3+2. The Kier molecular flexibility index (Phi) is 8.97. The molecule has 1 aliphatic heterocycles. The Morgan fingerprint density at radius 3 is 2.59 bits per heavy atom. The van der Waals surface area contributed by atoms with Gasteiger partial charge in [-0.2, -0.15) is 0 Å². The number of rotatable bonds is 10. The zero-order chi connectivity index (χ0) is 19.6. The van der Waals surface area contributed by atoms with E-state index in [0.717, 1.165) is 50.5 Å². The Morgan fingerprint density at radius 1 is 1.22 bits per heavy atom. The van der Waals surface area contributed by atoms with Gasteiger partial charge in [0, 0.05) is 13.2 Å². The van der Waals surface area contributed by atoms with Gasteiger partial charge in [0.15, 0.2) is 6.54 Å². The van der Waals surface area contributed by atoms with Crippen LogP contribution in [0.1, 0.15) is 25.8 Å². The van der Waals surface area contributed by atoms with E-state index >= 15 is 0 Å². The van der Waals surface area contributed by atoms with Gasteiger partial charge in [-0.05, 0) is 38.5 Å². The van der Waals surface area contributed by atoms with Crippen molar-refractivity contribution in [3.8, 4) is 5.75 Å². The van der Waals surface area contributed by atoms with Crippen LogP contribution in [0.25, 0.3) is 0 Å². The molecule has 1 saturated heterocycles. The largest absolute Gasteiger partial charge is 0.496 e. The third kappa shape index (κ3) is 7.82. The minimum atomic E-state index is -0.232. The van der Waals surface area contributed by atoms with Crippen LogP contribution in [0.4, 0.5) is 4.39 Å². The molecule has 0 spiro atoms. The number of carbonyl (C=O) groups excluding carboxylic acids is 1. The number of benzene rings is 1. The van der Waals surface area contributed by atoms with E-state index in [9.17, 15) is 9.18 Å². The third-order valence-electron chi connectivity index (χ3n) is 4.85. The van der Waals surface area contributed by atoms with Gasteiger partial charge in [-0.25, -0.2) is 4.39 Å². The van der Waals surface area contributed by atoms with Gasteiger partial charge < -0.3 is 24.6 Å². The zero-order valence-electron chi connectivity index (χ0n) is 16.8. The number of quaternary nitrogens is 2. The molecule has 152 valence electrons. The summed E-state index contributed by atoms with van der Waals surface area (Å²) in [5.41, 5.74) is 0.900. The second kappa shape index (κ2) is 11.2. The minimum absolute atomic E-state index is 0.102. The Labute approximate surface area is 161 Å². The van der Waals surface area contributed by atoms with Gasteiger partial charge in [0.2, 0.25) is 0 Å². The summed E-state index contributed by atoms with van der Waals surface area (Å²) in [7, 11) is 1.61. The maximum absolute atomic E-state index is 13.5. The molecular weight excluding hydrogens is 349 g/mol. The predicted octanol–water partition coefficient (Wildman–Crippen LogP) is -0.951. The average Bonchev–Trinajstić information content (AvgIpc) is 2.63. The number of piperazine rings is 1. The van der Waals surface area contributed by atoms with Crippen molar-refractivity contribution >= 4 is 5.91 Å². The smallest absolute Gasteiger partial charge is 0.275 e. The molecule has 1 aromatic rings. The SMILES string of the molecule is COc1ccc(F)cc1C[NH+]1CC[NH+](CC(=O)NCCCOC(C)C)CC1. The summed E-state index contributed by atoms with van der Waals surface area (Å²) in [6.07, 6.45) is 1.07. The molecule has 0 saturated carbocycles. The monoisotopic (exact) mass is 383 g/mol. The highest BCUT2D eigenvalue weighted by Gasteiger charge is 2.25. The van der Waals surface area contributed by atoms with Crippen LogP contribution < -0.4 is 19.9 Å². The number of amides is 1. The van der Waals surface area contributed by atoms with Crippen molar-refractivity contribution in [1.29, 1.82) is 0 Å². The molecule has 3 N–H and O–H groups in total. The predicted molar refractivity (Wildman–Crippen MR) is 102 cm³/mol. The number of hydrogen-bond donors (Lipinski definition) is 3. The Balaban J connectivity index is 1.66. The van der Waals surface area contributed by atoms with Crippen molar-refractivity contribution in [2.75, 3.05) is 53.0 Å². The second-order valence-electron chi connectivity index (χ2n) is 7.43. The highest BCUT2D eigenvalue weighted by molar-refractivity contribution is 5.76. The maximum Gasteiger partial charge on any atom is 0.275 e. The summed E-state index contributed by atoms with van der Waals surface area (Å²) in [5, 5.41) is 2.97. The molecule has 0 unspecified atom stereocenters. The first-order valence-electron chi connectivity index (χ1n) is 9.85. The first-order chi connectivity index (χ1) is 13.0. The van der Waals surface area contributed by atoms with E-state index < -0.39 is 0 Å². The van der Waals surface area contributed by atoms with Crippen LogP contribution in [-0.4, -0.2) is 65.0 Å². The van der Waals surface area contributed by atoms with Crippen molar-refractivity contribution in [2.45, 2.75) is 32.9 Å². The van der Waals surface area contributed by atoms with Gasteiger partial charge >= 0.3 is 0 Å². The molecule has 2 rings (SSSR count). The maximum atomic E-state index is 13.5. The number of hydrogen-bond acceptors (Lipinski definition) is 3. The van der Waals surface area contributed by atoms with Crippen LogP contribution >= 0.6 is 0 Å². The van der Waals surface area contributed by atoms with Crippen molar-refractivity contribution in [3.05, 3.63) is 29.6 Å². The van der Waals surface area contributed by atoms with Crippen LogP contribution in [0.2, 0.25) is 0 Å². The van der Waals surface area contributed by atoms with Gasteiger partial charge in [-0.15, -0.1) is 0 Å². The molecule has 7 heteroatoms. The Hall–Kier alpha value is -1.70. The number of ether oxygens (including phenoxy) is 2. The summed E-state index contributed by atoms with van der Waals surface area (Å²) < 4.78 is 24.3. The fourth-order valence-electron chi connectivity index (χ4n) is 3.37. The van der Waals surface area contributed by atoms with Crippen LogP contribution in [0, 0.1) is 5.82 Å². The molecule has 1 fully saturated rings.